The molecule has 0 saturated carbocycles. The molecule has 0 aliphatic rings. The van der Waals surface area contributed by atoms with Crippen LogP contribution in [-0.2, 0) is 4.79 Å². The molecule has 3 heteroatoms. The third-order valence-electron chi connectivity index (χ3n) is 2.05. The molecule has 0 aliphatic carbocycles. The van der Waals surface area contributed by atoms with Crippen LogP contribution < -0.4 is 5.73 Å². The molecule has 3 N–H and O–H groups in total. The number of aliphatic carboxylic acids is 1. The Labute approximate surface area is 94.1 Å². The van der Waals surface area contributed by atoms with Gasteiger partial charge in [0.1, 0.15) is 0 Å². The Morgan fingerprint density at radius 3 is 1.87 bits per heavy atom. The maximum atomic E-state index is 10.0. The Morgan fingerprint density at radius 2 is 1.53 bits per heavy atom. The molecule has 92 valence electrons. The minimum Gasteiger partial charge on any atom is -0.481 e. The minimum atomic E-state index is -0.670. The van der Waals surface area contributed by atoms with Gasteiger partial charge in [-0.3, -0.25) is 4.79 Å². The Bertz CT molecular complexity index is 125. The highest BCUT2D eigenvalue weighted by Gasteiger charge is 1.94. The molecule has 3 nitrogen and oxygen atoms in total. The van der Waals surface area contributed by atoms with Crippen LogP contribution >= 0.6 is 0 Å². The van der Waals surface area contributed by atoms with Crippen LogP contribution in [0, 0.1) is 0 Å². The predicted molar refractivity (Wildman–Crippen MR) is 65.0 cm³/mol. The lowest BCUT2D eigenvalue weighted by atomic mass is 10.1. The third-order valence-corrected chi connectivity index (χ3v) is 2.05. The summed E-state index contributed by atoms with van der Waals surface area (Å²) in [5.74, 6) is -0.670. The van der Waals surface area contributed by atoms with Crippen molar-refractivity contribution >= 4 is 5.97 Å². The molecule has 0 spiro atoms. The van der Waals surface area contributed by atoms with E-state index < -0.39 is 5.97 Å². The van der Waals surface area contributed by atoms with Crippen LogP contribution in [0.25, 0.3) is 0 Å². The van der Waals surface area contributed by atoms with E-state index in [9.17, 15) is 4.79 Å². The van der Waals surface area contributed by atoms with Gasteiger partial charge in [-0.1, -0.05) is 46.0 Å². The highest BCUT2D eigenvalue weighted by atomic mass is 16.4. The summed E-state index contributed by atoms with van der Waals surface area (Å²) in [4.78, 5) is 10.0. The number of rotatable bonds is 8. The second kappa shape index (κ2) is 15.9. The first-order chi connectivity index (χ1) is 7.18. The van der Waals surface area contributed by atoms with E-state index in [4.69, 9.17) is 10.8 Å². The molecule has 15 heavy (non-hydrogen) atoms. The molecule has 0 aliphatic heterocycles. The average molecular weight is 217 g/mol. The van der Waals surface area contributed by atoms with E-state index in [1.54, 1.807) is 0 Å². The molecule has 0 unspecified atom stereocenters. The molecule has 0 radical (unpaired) electrons. The van der Waals surface area contributed by atoms with Crippen LogP contribution in [0.15, 0.2) is 0 Å². The molecule has 0 aromatic carbocycles. The van der Waals surface area contributed by atoms with Crippen molar-refractivity contribution < 1.29 is 9.90 Å². The smallest absolute Gasteiger partial charge is 0.303 e. The van der Waals surface area contributed by atoms with Gasteiger partial charge in [0, 0.05) is 6.42 Å². The zero-order valence-corrected chi connectivity index (χ0v) is 10.3. The standard InChI is InChI=1S/C8H16O2.C4H11N/c1-2-3-4-5-6-7-8(9)10;1-2-3-4-5/h2-7H2,1H3,(H,9,10);2-5H2,1H3. The molecule has 0 heterocycles. The van der Waals surface area contributed by atoms with Crippen LogP contribution in [0.3, 0.4) is 0 Å². The minimum absolute atomic E-state index is 0.337. The van der Waals surface area contributed by atoms with Gasteiger partial charge in [0.25, 0.3) is 0 Å². The largest absolute Gasteiger partial charge is 0.481 e. The summed E-state index contributed by atoms with van der Waals surface area (Å²) in [5, 5.41) is 8.27. The average Bonchev–Trinajstić information content (AvgIpc) is 2.19. The SMILES string of the molecule is CCCCCCCC(=O)O.CCCCN. The van der Waals surface area contributed by atoms with Crippen molar-refractivity contribution in [2.45, 2.75) is 65.2 Å². The van der Waals surface area contributed by atoms with Crippen molar-refractivity contribution in [2.24, 2.45) is 5.73 Å². The van der Waals surface area contributed by atoms with Gasteiger partial charge < -0.3 is 10.8 Å². The van der Waals surface area contributed by atoms with E-state index in [1.807, 2.05) is 0 Å². The lowest BCUT2D eigenvalue weighted by Crippen LogP contribution is -1.95. The van der Waals surface area contributed by atoms with Crippen molar-refractivity contribution in [1.82, 2.24) is 0 Å². The van der Waals surface area contributed by atoms with Crippen molar-refractivity contribution in [1.29, 1.82) is 0 Å². The Hall–Kier alpha value is -0.570. The zero-order valence-electron chi connectivity index (χ0n) is 10.3. The third kappa shape index (κ3) is 24.7. The topological polar surface area (TPSA) is 63.3 Å². The Morgan fingerprint density at radius 1 is 1.00 bits per heavy atom. The molecule has 0 atom stereocenters. The molecule has 0 amide bonds. The first kappa shape index (κ1) is 16.8. The van der Waals surface area contributed by atoms with E-state index in [2.05, 4.69) is 13.8 Å². The number of unbranched alkanes of at least 4 members (excludes halogenated alkanes) is 5. The van der Waals surface area contributed by atoms with E-state index in [0.717, 1.165) is 19.4 Å². The molecule has 0 bridgehead atoms. The van der Waals surface area contributed by atoms with Crippen molar-refractivity contribution in [3.63, 3.8) is 0 Å². The maximum Gasteiger partial charge on any atom is 0.303 e. The molecule has 0 saturated heterocycles. The molecular formula is C12H27NO2. The zero-order chi connectivity index (χ0) is 11.9. The summed E-state index contributed by atoms with van der Waals surface area (Å²) >= 11 is 0. The summed E-state index contributed by atoms with van der Waals surface area (Å²) in [6, 6.07) is 0. The van der Waals surface area contributed by atoms with Gasteiger partial charge in [-0.25, -0.2) is 0 Å². The normalized spacial score (nSPS) is 9.27. The summed E-state index contributed by atoms with van der Waals surface area (Å²) in [6.45, 7) is 5.13. The van der Waals surface area contributed by atoms with Crippen LogP contribution in [-0.4, -0.2) is 17.6 Å². The number of hydrogen-bond donors (Lipinski definition) is 2. The second-order valence-corrected chi connectivity index (χ2v) is 3.70. The lowest BCUT2D eigenvalue weighted by molar-refractivity contribution is -0.137. The molecular weight excluding hydrogens is 190 g/mol. The number of carboxylic acids is 1. The van der Waals surface area contributed by atoms with E-state index in [0.29, 0.717) is 6.42 Å². The fraction of sp³-hybridized carbons (Fsp3) is 0.917. The number of hydrogen-bond acceptors (Lipinski definition) is 2. The summed E-state index contributed by atoms with van der Waals surface area (Å²) < 4.78 is 0. The Balaban J connectivity index is 0. The fourth-order valence-electron chi connectivity index (χ4n) is 1.08. The predicted octanol–water partition coefficient (Wildman–Crippen LogP) is 3.18. The van der Waals surface area contributed by atoms with E-state index in [-0.39, 0.29) is 0 Å². The highest BCUT2D eigenvalue weighted by molar-refractivity contribution is 5.66. The van der Waals surface area contributed by atoms with Gasteiger partial charge in [0.05, 0.1) is 0 Å². The second-order valence-electron chi connectivity index (χ2n) is 3.70. The Kier molecular flexibility index (Phi) is 17.8. The van der Waals surface area contributed by atoms with Gasteiger partial charge >= 0.3 is 5.97 Å². The fourth-order valence-corrected chi connectivity index (χ4v) is 1.08. The van der Waals surface area contributed by atoms with E-state index in [1.165, 1.54) is 32.1 Å². The van der Waals surface area contributed by atoms with Gasteiger partial charge in [0.15, 0.2) is 0 Å². The summed E-state index contributed by atoms with van der Waals surface area (Å²) in [6.07, 6.45) is 8.27. The first-order valence-electron chi connectivity index (χ1n) is 6.10. The van der Waals surface area contributed by atoms with Crippen LogP contribution in [0.1, 0.15) is 65.2 Å². The van der Waals surface area contributed by atoms with E-state index >= 15 is 0 Å². The molecule has 0 aromatic rings. The lowest BCUT2D eigenvalue weighted by Gasteiger charge is -1.95. The quantitative estimate of drug-likeness (QED) is 0.614. The molecule has 0 fully saturated rings. The monoisotopic (exact) mass is 217 g/mol. The number of nitrogens with two attached hydrogens (primary N) is 1. The van der Waals surface area contributed by atoms with Crippen LogP contribution in [0.4, 0.5) is 0 Å². The van der Waals surface area contributed by atoms with Crippen molar-refractivity contribution in [3.05, 3.63) is 0 Å². The van der Waals surface area contributed by atoms with Gasteiger partial charge in [0.2, 0.25) is 0 Å². The summed E-state index contributed by atoms with van der Waals surface area (Å²) in [5.41, 5.74) is 5.14. The summed E-state index contributed by atoms with van der Waals surface area (Å²) in [7, 11) is 0. The number of carboxylic acid groups (broad SMARTS) is 1. The van der Waals surface area contributed by atoms with Gasteiger partial charge in [-0.05, 0) is 19.4 Å². The molecule has 0 aromatic heterocycles. The first-order valence-corrected chi connectivity index (χ1v) is 6.10. The van der Waals surface area contributed by atoms with Crippen molar-refractivity contribution in [2.75, 3.05) is 6.54 Å². The maximum absolute atomic E-state index is 10.0. The van der Waals surface area contributed by atoms with Crippen molar-refractivity contribution in [3.8, 4) is 0 Å². The van der Waals surface area contributed by atoms with Crippen LogP contribution in [0.5, 0.6) is 0 Å². The highest BCUT2D eigenvalue weighted by Crippen LogP contribution is 2.04. The number of carbonyl (C=O) groups is 1. The van der Waals surface area contributed by atoms with Gasteiger partial charge in [-0.2, -0.15) is 0 Å². The van der Waals surface area contributed by atoms with Gasteiger partial charge in [-0.15, -0.1) is 0 Å². The molecule has 0 rings (SSSR count). The van der Waals surface area contributed by atoms with Crippen LogP contribution in [0.2, 0.25) is 0 Å².